The molecule has 7 heteroatoms. The van der Waals surface area contributed by atoms with Gasteiger partial charge in [0.05, 0.1) is 43.7 Å². The van der Waals surface area contributed by atoms with E-state index in [0.29, 0.717) is 37.2 Å². The predicted molar refractivity (Wildman–Crippen MR) is 103 cm³/mol. The average Bonchev–Trinajstić information content (AvgIpc) is 3.23. The molecule has 0 bridgehead atoms. The summed E-state index contributed by atoms with van der Waals surface area (Å²) in [5, 5.41) is 0. The van der Waals surface area contributed by atoms with E-state index < -0.39 is 17.9 Å². The first-order valence-electron chi connectivity index (χ1n) is 9.70. The third-order valence-electron chi connectivity index (χ3n) is 4.99. The van der Waals surface area contributed by atoms with Crippen molar-refractivity contribution in [3.05, 3.63) is 34.6 Å². The molecule has 7 nitrogen and oxygen atoms in total. The van der Waals surface area contributed by atoms with Gasteiger partial charge in [-0.15, -0.1) is 0 Å². The Balaban J connectivity index is 2.82. The fourth-order valence-electron chi connectivity index (χ4n) is 3.58. The highest BCUT2D eigenvalue weighted by Crippen LogP contribution is 2.31. The maximum Gasteiger partial charge on any atom is 0.340 e. The van der Waals surface area contributed by atoms with Crippen LogP contribution in [0.2, 0.25) is 0 Å². The highest BCUT2D eigenvalue weighted by Gasteiger charge is 2.34. The molecule has 0 spiro atoms. The number of carbonyl (C=O) groups is 3. The molecule has 1 heterocycles. The van der Waals surface area contributed by atoms with Gasteiger partial charge in [-0.2, -0.15) is 0 Å². The summed E-state index contributed by atoms with van der Waals surface area (Å²) in [4.78, 5) is 40.0. The number of esters is 3. The van der Waals surface area contributed by atoms with Gasteiger partial charge in [0.25, 0.3) is 0 Å². The van der Waals surface area contributed by atoms with E-state index in [4.69, 9.17) is 14.2 Å². The Labute approximate surface area is 166 Å². The predicted octanol–water partition coefficient (Wildman–Crippen LogP) is 2.67. The first-order chi connectivity index (χ1) is 13.5. The summed E-state index contributed by atoms with van der Waals surface area (Å²) in [7, 11) is 3.85. The summed E-state index contributed by atoms with van der Waals surface area (Å²) in [6.07, 6.45) is 9.43. The van der Waals surface area contributed by atoms with Gasteiger partial charge < -0.3 is 19.1 Å². The number of allylic oxidation sites excluding steroid dienone is 2. The Hall–Kier alpha value is -2.57. The molecule has 0 atom stereocenters. The van der Waals surface area contributed by atoms with Crippen molar-refractivity contribution < 1.29 is 28.6 Å². The van der Waals surface area contributed by atoms with E-state index in [1.165, 1.54) is 21.3 Å². The Morgan fingerprint density at radius 3 is 1.75 bits per heavy atom. The van der Waals surface area contributed by atoms with Crippen molar-refractivity contribution in [3.8, 4) is 0 Å². The molecule has 0 radical (unpaired) electrons. The van der Waals surface area contributed by atoms with Crippen LogP contribution in [0, 0.1) is 0 Å². The van der Waals surface area contributed by atoms with Gasteiger partial charge in [0.15, 0.2) is 0 Å². The molecular formula is C21H29NO6. The molecule has 28 heavy (non-hydrogen) atoms. The van der Waals surface area contributed by atoms with Crippen LogP contribution in [0.15, 0.2) is 34.6 Å². The molecule has 1 aliphatic carbocycles. The third-order valence-corrected chi connectivity index (χ3v) is 4.99. The Bertz CT molecular complexity index is 698. The van der Waals surface area contributed by atoms with Crippen LogP contribution in [0.25, 0.3) is 0 Å². The SMILES string of the molecule is COC(=O)C1=CCCCCC/C=C(C(=O)OC)/C(C(=O)OC)=C\1N1CCCC1. The molecule has 0 unspecified atom stereocenters. The van der Waals surface area contributed by atoms with E-state index in [9.17, 15) is 14.4 Å². The highest BCUT2D eigenvalue weighted by atomic mass is 16.5. The summed E-state index contributed by atoms with van der Waals surface area (Å²) < 4.78 is 15.0. The summed E-state index contributed by atoms with van der Waals surface area (Å²) in [5.41, 5.74) is 0.888. The van der Waals surface area contributed by atoms with E-state index in [0.717, 1.165) is 32.1 Å². The molecule has 154 valence electrons. The fraction of sp³-hybridized carbons (Fsp3) is 0.571. The lowest BCUT2D eigenvalue weighted by Gasteiger charge is -2.26. The number of likely N-dealkylation sites (tertiary alicyclic amines) is 1. The van der Waals surface area contributed by atoms with E-state index >= 15 is 0 Å². The molecule has 0 aromatic carbocycles. The minimum Gasteiger partial charge on any atom is -0.465 e. The zero-order valence-electron chi connectivity index (χ0n) is 16.9. The van der Waals surface area contributed by atoms with Crippen LogP contribution in [0.1, 0.15) is 44.9 Å². The number of hydrogen-bond donors (Lipinski definition) is 0. The zero-order chi connectivity index (χ0) is 20.5. The van der Waals surface area contributed by atoms with Gasteiger partial charge in [0.1, 0.15) is 0 Å². The molecule has 0 aromatic heterocycles. The van der Waals surface area contributed by atoms with Crippen LogP contribution in [0.4, 0.5) is 0 Å². The highest BCUT2D eigenvalue weighted by molar-refractivity contribution is 6.09. The van der Waals surface area contributed by atoms with E-state index in [-0.39, 0.29) is 11.1 Å². The molecule has 0 aromatic rings. The maximum absolute atomic E-state index is 12.8. The molecule has 1 fully saturated rings. The molecule has 0 amide bonds. The number of ether oxygens (including phenoxy) is 3. The summed E-state index contributed by atoms with van der Waals surface area (Å²) in [6, 6.07) is 0. The van der Waals surface area contributed by atoms with E-state index in [1.807, 2.05) is 11.0 Å². The summed E-state index contributed by atoms with van der Waals surface area (Å²) in [5.74, 6) is -1.83. The number of hydrogen-bond acceptors (Lipinski definition) is 7. The quantitative estimate of drug-likeness (QED) is 0.538. The number of rotatable bonds is 4. The minimum absolute atomic E-state index is 0.0646. The van der Waals surface area contributed by atoms with Crippen molar-refractivity contribution in [3.63, 3.8) is 0 Å². The second-order valence-electron chi connectivity index (χ2n) is 6.77. The maximum atomic E-state index is 12.8. The molecule has 0 saturated carbocycles. The van der Waals surface area contributed by atoms with Crippen LogP contribution < -0.4 is 0 Å². The Kier molecular flexibility index (Phi) is 8.29. The van der Waals surface area contributed by atoms with E-state index in [1.54, 1.807) is 6.08 Å². The second kappa shape index (κ2) is 10.7. The lowest BCUT2D eigenvalue weighted by Crippen LogP contribution is -2.29. The largest absolute Gasteiger partial charge is 0.465 e. The summed E-state index contributed by atoms with van der Waals surface area (Å²) in [6.45, 7) is 1.36. The second-order valence-corrected chi connectivity index (χ2v) is 6.77. The Morgan fingerprint density at radius 1 is 0.714 bits per heavy atom. The normalized spacial score (nSPS) is 23.0. The van der Waals surface area contributed by atoms with Gasteiger partial charge in [-0.1, -0.05) is 18.6 Å². The first kappa shape index (κ1) is 21.7. The van der Waals surface area contributed by atoms with Gasteiger partial charge in [0, 0.05) is 13.1 Å². The van der Waals surface area contributed by atoms with Crippen molar-refractivity contribution in [2.75, 3.05) is 34.4 Å². The molecule has 0 N–H and O–H groups in total. The van der Waals surface area contributed by atoms with Crippen molar-refractivity contribution in [1.82, 2.24) is 4.90 Å². The van der Waals surface area contributed by atoms with Crippen molar-refractivity contribution in [2.45, 2.75) is 44.9 Å². The first-order valence-corrected chi connectivity index (χ1v) is 9.70. The molecular weight excluding hydrogens is 362 g/mol. The van der Waals surface area contributed by atoms with Crippen LogP contribution in [-0.2, 0) is 28.6 Å². The smallest absolute Gasteiger partial charge is 0.340 e. The Morgan fingerprint density at radius 2 is 1.21 bits per heavy atom. The lowest BCUT2D eigenvalue weighted by atomic mass is 9.96. The number of methoxy groups -OCH3 is 3. The topological polar surface area (TPSA) is 82.1 Å². The molecule has 2 aliphatic rings. The molecule has 1 aliphatic heterocycles. The van der Waals surface area contributed by atoms with Crippen LogP contribution in [-0.4, -0.2) is 57.2 Å². The minimum atomic E-state index is -0.674. The monoisotopic (exact) mass is 391 g/mol. The van der Waals surface area contributed by atoms with Crippen LogP contribution in [0.3, 0.4) is 0 Å². The number of carbonyl (C=O) groups excluding carboxylic acids is 3. The van der Waals surface area contributed by atoms with Gasteiger partial charge in [0.2, 0.25) is 0 Å². The van der Waals surface area contributed by atoms with E-state index in [2.05, 4.69) is 0 Å². The average molecular weight is 391 g/mol. The molecule has 1 saturated heterocycles. The lowest BCUT2D eigenvalue weighted by molar-refractivity contribution is -0.139. The van der Waals surface area contributed by atoms with Crippen molar-refractivity contribution in [1.29, 1.82) is 0 Å². The standard InChI is InChI=1S/C21H29NO6/c1-26-19(23)15-11-7-5-4-6-8-12-16(20(24)27-2)18(17(15)21(25)28-3)22-13-9-10-14-22/h11-12H,4-10,13-14H2,1-3H3/b15-11-,16-12?,18-17-. The van der Waals surface area contributed by atoms with Crippen LogP contribution >= 0.6 is 0 Å². The van der Waals surface area contributed by atoms with Crippen molar-refractivity contribution >= 4 is 17.9 Å². The number of nitrogens with zero attached hydrogens (tertiary/aromatic N) is 1. The van der Waals surface area contributed by atoms with Gasteiger partial charge in [-0.05, 0) is 38.5 Å². The third kappa shape index (κ3) is 5.03. The van der Waals surface area contributed by atoms with Gasteiger partial charge in [-0.25, -0.2) is 14.4 Å². The van der Waals surface area contributed by atoms with Gasteiger partial charge in [-0.3, -0.25) is 0 Å². The summed E-state index contributed by atoms with van der Waals surface area (Å²) >= 11 is 0. The zero-order valence-corrected chi connectivity index (χ0v) is 16.9. The molecule has 2 rings (SSSR count). The van der Waals surface area contributed by atoms with Crippen LogP contribution in [0.5, 0.6) is 0 Å². The van der Waals surface area contributed by atoms with Crippen molar-refractivity contribution in [2.24, 2.45) is 0 Å². The van der Waals surface area contributed by atoms with Gasteiger partial charge >= 0.3 is 17.9 Å². The fourth-order valence-corrected chi connectivity index (χ4v) is 3.58.